The number of ether oxygens (including phenoxy) is 1. The van der Waals surface area contributed by atoms with Crippen LogP contribution in [0.15, 0.2) is 42.6 Å². The number of carbonyl (C=O) groups is 1. The van der Waals surface area contributed by atoms with E-state index >= 15 is 0 Å². The number of benzene rings is 1. The van der Waals surface area contributed by atoms with Crippen molar-refractivity contribution in [3.05, 3.63) is 53.7 Å². The summed E-state index contributed by atoms with van der Waals surface area (Å²) < 4.78 is 5.73. The zero-order valence-corrected chi connectivity index (χ0v) is 19.7. The Bertz CT molecular complexity index is 884. The molecule has 32 heavy (non-hydrogen) atoms. The van der Waals surface area contributed by atoms with Crippen molar-refractivity contribution in [1.82, 2.24) is 14.8 Å². The molecule has 0 spiro atoms. The first-order chi connectivity index (χ1) is 15.5. The van der Waals surface area contributed by atoms with Gasteiger partial charge in [-0.2, -0.15) is 0 Å². The fraction of sp³-hybridized carbons (Fsp3) is 0.538. The summed E-state index contributed by atoms with van der Waals surface area (Å²) in [7, 11) is 0. The van der Waals surface area contributed by atoms with Gasteiger partial charge in [-0.3, -0.25) is 9.69 Å². The number of piperazine rings is 1. The fourth-order valence-electron chi connectivity index (χ4n) is 4.72. The normalized spacial score (nSPS) is 21.9. The van der Waals surface area contributed by atoms with Crippen LogP contribution in [0.1, 0.15) is 44.2 Å². The highest BCUT2D eigenvalue weighted by molar-refractivity contribution is 5.84. The van der Waals surface area contributed by atoms with Crippen LogP contribution in [-0.4, -0.2) is 65.6 Å². The van der Waals surface area contributed by atoms with Crippen molar-refractivity contribution in [3.63, 3.8) is 0 Å². The molecule has 0 bridgehead atoms. The Hall–Kier alpha value is -2.60. The number of nitrogens with zero attached hydrogens (tertiary/aromatic N) is 4. The van der Waals surface area contributed by atoms with Crippen LogP contribution in [0.3, 0.4) is 0 Å². The molecule has 2 saturated heterocycles. The lowest BCUT2D eigenvalue weighted by atomic mass is 10.1. The highest BCUT2D eigenvalue weighted by atomic mass is 16.5. The number of rotatable bonds is 8. The molecule has 2 fully saturated rings. The average molecular weight is 437 g/mol. The third-order valence-corrected chi connectivity index (χ3v) is 6.65. The monoisotopic (exact) mass is 436 g/mol. The second kappa shape index (κ2) is 10.3. The maximum Gasteiger partial charge on any atom is 0.240 e. The highest BCUT2D eigenvalue weighted by Gasteiger charge is 2.39. The maximum atomic E-state index is 13.2. The minimum Gasteiger partial charge on any atom is -0.492 e. The number of likely N-dealkylation sites (tertiary alicyclic amines) is 1. The molecule has 1 amide bonds. The number of hydrogen-bond donors (Lipinski definition) is 0. The van der Waals surface area contributed by atoms with E-state index in [1.165, 1.54) is 11.1 Å². The molecule has 0 saturated carbocycles. The van der Waals surface area contributed by atoms with Crippen molar-refractivity contribution in [2.24, 2.45) is 0 Å². The number of unbranched alkanes of at least 4 members (excludes halogenated alkanes) is 1. The molecular formula is C26H36N4O2. The number of pyridine rings is 1. The largest absolute Gasteiger partial charge is 0.492 e. The first-order valence-electron chi connectivity index (χ1n) is 12.0. The van der Waals surface area contributed by atoms with Gasteiger partial charge >= 0.3 is 0 Å². The van der Waals surface area contributed by atoms with E-state index in [0.29, 0.717) is 12.6 Å². The standard InChI is InChI=1S/C26H36N4O2/c1-4-5-16-32-23-10-11-25(27-17-23)28-14-15-30(21(3)18-28)24-12-13-29(26(24)31)19-22-8-6-20(2)7-9-22/h6-11,17,21,24H,4-5,12-16,18-19H2,1-3H3/t21?,24-/m1/s1. The molecule has 2 aliphatic rings. The van der Waals surface area contributed by atoms with Gasteiger partial charge in [0.1, 0.15) is 11.6 Å². The van der Waals surface area contributed by atoms with Gasteiger partial charge in [0.15, 0.2) is 0 Å². The molecule has 2 aliphatic heterocycles. The zero-order chi connectivity index (χ0) is 22.5. The van der Waals surface area contributed by atoms with E-state index in [1.54, 1.807) is 0 Å². The van der Waals surface area contributed by atoms with Crippen molar-refractivity contribution in [3.8, 4) is 5.75 Å². The van der Waals surface area contributed by atoms with E-state index in [4.69, 9.17) is 4.74 Å². The molecule has 3 heterocycles. The third kappa shape index (κ3) is 5.23. The minimum absolute atomic E-state index is 0.0000934. The SMILES string of the molecule is CCCCOc1ccc(N2CCN([C@@H]3CCN(Cc4ccc(C)cc4)C3=O)C(C)C2)nc1. The Labute approximate surface area is 192 Å². The Morgan fingerprint density at radius 3 is 2.59 bits per heavy atom. The molecule has 2 aromatic rings. The Morgan fingerprint density at radius 1 is 1.09 bits per heavy atom. The zero-order valence-electron chi connectivity index (χ0n) is 19.7. The molecule has 1 aromatic heterocycles. The summed E-state index contributed by atoms with van der Waals surface area (Å²) in [6.45, 7) is 11.4. The summed E-state index contributed by atoms with van der Waals surface area (Å²) in [4.78, 5) is 24.5. The van der Waals surface area contributed by atoms with E-state index in [9.17, 15) is 4.79 Å². The number of carbonyl (C=O) groups excluding carboxylic acids is 1. The smallest absolute Gasteiger partial charge is 0.240 e. The molecule has 4 rings (SSSR count). The summed E-state index contributed by atoms with van der Waals surface area (Å²) >= 11 is 0. The second-order valence-corrected chi connectivity index (χ2v) is 9.14. The number of anilines is 1. The van der Waals surface area contributed by atoms with Gasteiger partial charge in [-0.05, 0) is 44.4 Å². The molecule has 2 atom stereocenters. The van der Waals surface area contributed by atoms with Gasteiger partial charge in [-0.25, -0.2) is 4.98 Å². The first kappa shape index (κ1) is 22.6. The molecule has 1 unspecified atom stereocenters. The van der Waals surface area contributed by atoms with Crippen LogP contribution >= 0.6 is 0 Å². The second-order valence-electron chi connectivity index (χ2n) is 9.14. The Morgan fingerprint density at radius 2 is 1.91 bits per heavy atom. The van der Waals surface area contributed by atoms with Gasteiger partial charge in [0.2, 0.25) is 5.91 Å². The molecule has 1 aromatic carbocycles. The fourth-order valence-corrected chi connectivity index (χ4v) is 4.72. The maximum absolute atomic E-state index is 13.2. The summed E-state index contributed by atoms with van der Waals surface area (Å²) in [5.74, 6) is 2.09. The van der Waals surface area contributed by atoms with Crippen LogP contribution < -0.4 is 9.64 Å². The number of hydrogen-bond acceptors (Lipinski definition) is 5. The number of aromatic nitrogens is 1. The molecule has 6 heteroatoms. The average Bonchev–Trinajstić information content (AvgIpc) is 3.16. The van der Waals surface area contributed by atoms with Crippen molar-refractivity contribution in [2.75, 3.05) is 37.7 Å². The van der Waals surface area contributed by atoms with Gasteiger partial charge in [-0.15, -0.1) is 0 Å². The third-order valence-electron chi connectivity index (χ3n) is 6.65. The van der Waals surface area contributed by atoms with Crippen LogP contribution in [0.25, 0.3) is 0 Å². The lowest BCUT2D eigenvalue weighted by molar-refractivity contribution is -0.133. The first-order valence-corrected chi connectivity index (χ1v) is 12.0. The van der Waals surface area contributed by atoms with Gasteiger partial charge in [0, 0.05) is 38.8 Å². The van der Waals surface area contributed by atoms with Crippen LogP contribution in [0.2, 0.25) is 0 Å². The van der Waals surface area contributed by atoms with Crippen molar-refractivity contribution in [2.45, 2.75) is 58.7 Å². The molecule has 0 N–H and O–H groups in total. The van der Waals surface area contributed by atoms with Gasteiger partial charge in [0.25, 0.3) is 0 Å². The summed E-state index contributed by atoms with van der Waals surface area (Å²) in [5.41, 5.74) is 2.45. The Kier molecular flexibility index (Phi) is 7.30. The quantitative estimate of drug-likeness (QED) is 0.588. The van der Waals surface area contributed by atoms with Crippen molar-refractivity contribution < 1.29 is 9.53 Å². The van der Waals surface area contributed by atoms with Crippen molar-refractivity contribution >= 4 is 11.7 Å². The minimum atomic E-state index is -0.0000934. The van der Waals surface area contributed by atoms with E-state index in [1.807, 2.05) is 23.2 Å². The molecule has 0 radical (unpaired) electrons. The van der Waals surface area contributed by atoms with Crippen molar-refractivity contribution in [1.29, 1.82) is 0 Å². The lowest BCUT2D eigenvalue weighted by Gasteiger charge is -2.42. The van der Waals surface area contributed by atoms with Crippen LogP contribution in [0.4, 0.5) is 5.82 Å². The van der Waals surface area contributed by atoms with Crippen LogP contribution in [0.5, 0.6) is 5.75 Å². The Balaban J connectivity index is 1.31. The highest BCUT2D eigenvalue weighted by Crippen LogP contribution is 2.26. The van der Waals surface area contributed by atoms with Gasteiger partial charge in [-0.1, -0.05) is 43.2 Å². The van der Waals surface area contributed by atoms with E-state index in [2.05, 4.69) is 59.8 Å². The predicted molar refractivity (Wildman–Crippen MR) is 128 cm³/mol. The molecular weight excluding hydrogens is 400 g/mol. The van der Waals surface area contributed by atoms with Crippen LogP contribution in [-0.2, 0) is 11.3 Å². The lowest BCUT2D eigenvalue weighted by Crippen LogP contribution is -2.57. The topological polar surface area (TPSA) is 48.9 Å². The molecule has 172 valence electrons. The van der Waals surface area contributed by atoms with E-state index in [-0.39, 0.29) is 11.9 Å². The predicted octanol–water partition coefficient (Wildman–Crippen LogP) is 3.88. The molecule has 6 nitrogen and oxygen atoms in total. The summed E-state index contributed by atoms with van der Waals surface area (Å²) in [6.07, 6.45) is 4.92. The summed E-state index contributed by atoms with van der Waals surface area (Å²) in [6, 6.07) is 12.9. The number of amides is 1. The van der Waals surface area contributed by atoms with Gasteiger partial charge < -0.3 is 14.5 Å². The van der Waals surface area contributed by atoms with E-state index < -0.39 is 0 Å². The van der Waals surface area contributed by atoms with Gasteiger partial charge in [0.05, 0.1) is 18.8 Å². The molecule has 0 aliphatic carbocycles. The summed E-state index contributed by atoms with van der Waals surface area (Å²) in [5, 5.41) is 0. The van der Waals surface area contributed by atoms with E-state index in [0.717, 1.165) is 63.6 Å². The van der Waals surface area contributed by atoms with Crippen LogP contribution in [0, 0.1) is 6.92 Å². The number of aryl methyl sites for hydroxylation is 1.